The van der Waals surface area contributed by atoms with Crippen LogP contribution >= 0.6 is 0 Å². The van der Waals surface area contributed by atoms with Gasteiger partial charge in [0, 0.05) is 29.1 Å². The maximum Gasteiger partial charge on any atom is 0.165 e. The molecule has 4 nitrogen and oxygen atoms in total. The van der Waals surface area contributed by atoms with Crippen LogP contribution in [0.3, 0.4) is 0 Å². The van der Waals surface area contributed by atoms with E-state index in [4.69, 9.17) is 9.15 Å². The Morgan fingerprint density at radius 1 is 1.24 bits per heavy atom. The number of phenolic OH excluding ortho intramolecular Hbond substituents is 1. The second-order valence-electron chi connectivity index (χ2n) is 8.26. The van der Waals surface area contributed by atoms with Crippen LogP contribution in [0, 0.1) is 5.92 Å². The van der Waals surface area contributed by atoms with Crippen molar-refractivity contribution in [3.8, 4) is 11.5 Å². The van der Waals surface area contributed by atoms with Crippen LogP contribution < -0.4 is 4.74 Å². The van der Waals surface area contributed by atoms with Crippen LogP contribution in [0.25, 0.3) is 0 Å². The summed E-state index contributed by atoms with van der Waals surface area (Å²) in [7, 11) is 0. The van der Waals surface area contributed by atoms with Crippen molar-refractivity contribution >= 4 is 0 Å². The molecule has 130 valence electrons. The van der Waals surface area contributed by atoms with Crippen LogP contribution in [0.5, 0.6) is 11.5 Å². The minimum absolute atomic E-state index is 0.136. The molecule has 2 aliphatic carbocycles. The van der Waals surface area contributed by atoms with Gasteiger partial charge in [-0.3, -0.25) is 4.90 Å². The van der Waals surface area contributed by atoms with Crippen molar-refractivity contribution in [2.75, 3.05) is 6.54 Å². The number of hydrogen-bond acceptors (Lipinski definition) is 4. The zero-order valence-electron chi connectivity index (χ0n) is 14.3. The number of piperidine rings is 1. The Bertz CT molecular complexity index is 830. The third-order valence-corrected chi connectivity index (χ3v) is 7.31. The molecule has 3 heterocycles. The Labute approximate surface area is 147 Å². The predicted octanol–water partition coefficient (Wildman–Crippen LogP) is 3.61. The molecule has 1 spiro atoms. The van der Waals surface area contributed by atoms with Crippen molar-refractivity contribution in [1.29, 1.82) is 0 Å². The SMILES string of the molecule is Oc1ccc2c3c1O[C@H]1CCC[C@H]4[C@@H](C2)N(Cc2ccoc2)CC[C@@]314. The monoisotopic (exact) mass is 337 g/mol. The molecular formula is C21H23NO3. The van der Waals surface area contributed by atoms with E-state index in [9.17, 15) is 5.11 Å². The minimum atomic E-state index is 0.136. The molecule has 2 bridgehead atoms. The van der Waals surface area contributed by atoms with Crippen LogP contribution in [0.4, 0.5) is 0 Å². The summed E-state index contributed by atoms with van der Waals surface area (Å²) in [4.78, 5) is 2.66. The molecule has 1 saturated carbocycles. The molecule has 1 aromatic heterocycles. The first-order chi connectivity index (χ1) is 12.3. The van der Waals surface area contributed by atoms with Gasteiger partial charge in [0.1, 0.15) is 6.10 Å². The molecule has 6 rings (SSSR count). The number of likely N-dealkylation sites (tertiary alicyclic amines) is 1. The summed E-state index contributed by atoms with van der Waals surface area (Å²) in [5, 5.41) is 10.4. The third-order valence-electron chi connectivity index (χ3n) is 7.31. The number of hydrogen-bond donors (Lipinski definition) is 1. The highest BCUT2D eigenvalue weighted by molar-refractivity contribution is 5.60. The van der Waals surface area contributed by atoms with Gasteiger partial charge in [0.2, 0.25) is 0 Å². The van der Waals surface area contributed by atoms with Crippen LogP contribution in [0.15, 0.2) is 35.1 Å². The highest BCUT2D eigenvalue weighted by Gasteiger charge is 2.63. The molecule has 2 aliphatic heterocycles. The zero-order chi connectivity index (χ0) is 16.6. The topological polar surface area (TPSA) is 45.8 Å². The maximum absolute atomic E-state index is 10.4. The fraction of sp³-hybridized carbons (Fsp3) is 0.524. The molecular weight excluding hydrogens is 314 g/mol. The van der Waals surface area contributed by atoms with Crippen molar-refractivity contribution < 1.29 is 14.3 Å². The molecule has 0 unspecified atom stereocenters. The van der Waals surface area contributed by atoms with E-state index >= 15 is 0 Å². The average molecular weight is 337 g/mol. The Kier molecular flexibility index (Phi) is 2.75. The van der Waals surface area contributed by atoms with Crippen molar-refractivity contribution in [3.05, 3.63) is 47.4 Å². The first-order valence-electron chi connectivity index (χ1n) is 9.54. The summed E-state index contributed by atoms with van der Waals surface area (Å²) in [6.45, 7) is 2.07. The fourth-order valence-corrected chi connectivity index (χ4v) is 6.41. The second kappa shape index (κ2) is 4.82. The van der Waals surface area contributed by atoms with E-state index in [-0.39, 0.29) is 11.5 Å². The van der Waals surface area contributed by atoms with Crippen LogP contribution in [-0.4, -0.2) is 28.7 Å². The first kappa shape index (κ1) is 14.3. The number of furan rings is 1. The lowest BCUT2D eigenvalue weighted by Crippen LogP contribution is -2.63. The average Bonchev–Trinajstić information content (AvgIpc) is 3.24. The largest absolute Gasteiger partial charge is 0.504 e. The number of rotatable bonds is 2. The second-order valence-corrected chi connectivity index (χ2v) is 8.26. The highest BCUT2D eigenvalue weighted by atomic mass is 16.5. The summed E-state index contributed by atoms with van der Waals surface area (Å²) in [5.74, 6) is 1.78. The Hall–Kier alpha value is -1.94. The van der Waals surface area contributed by atoms with E-state index in [0.717, 1.165) is 38.1 Å². The predicted molar refractivity (Wildman–Crippen MR) is 92.8 cm³/mol. The van der Waals surface area contributed by atoms with E-state index in [1.54, 1.807) is 6.26 Å². The number of benzene rings is 1. The standard InChI is InChI=1S/C21H23NO3/c23-17-5-4-14-10-16-15-2-1-3-18-21(15,19(14)20(17)25-18)7-8-22(16)11-13-6-9-24-12-13/h4-6,9,12,15-16,18,23H,1-3,7-8,10-11H2/t15-,16+,18-,21-/m0/s1. The van der Waals surface area contributed by atoms with E-state index in [2.05, 4.69) is 17.0 Å². The first-order valence-corrected chi connectivity index (χ1v) is 9.54. The van der Waals surface area contributed by atoms with Gasteiger partial charge >= 0.3 is 0 Å². The third kappa shape index (κ3) is 1.71. The lowest BCUT2D eigenvalue weighted by Gasteiger charge is -2.58. The van der Waals surface area contributed by atoms with Gasteiger partial charge in [0.15, 0.2) is 11.5 Å². The van der Waals surface area contributed by atoms with E-state index in [1.165, 1.54) is 29.5 Å². The van der Waals surface area contributed by atoms with Gasteiger partial charge in [-0.25, -0.2) is 0 Å². The normalized spacial score (nSPS) is 35.3. The van der Waals surface area contributed by atoms with Crippen LogP contribution in [0.1, 0.15) is 42.4 Å². The number of aromatic hydroxyl groups is 1. The molecule has 1 N–H and O–H groups in total. The van der Waals surface area contributed by atoms with Crippen molar-refractivity contribution in [2.24, 2.45) is 5.92 Å². The molecule has 1 saturated heterocycles. The molecule has 0 radical (unpaired) electrons. The summed E-state index contributed by atoms with van der Waals surface area (Å²) >= 11 is 0. The maximum atomic E-state index is 10.4. The number of nitrogens with zero attached hydrogens (tertiary/aromatic N) is 1. The quantitative estimate of drug-likeness (QED) is 0.909. The number of ether oxygens (including phenoxy) is 1. The summed E-state index contributed by atoms with van der Waals surface area (Å²) in [6.07, 6.45) is 9.75. The molecule has 2 fully saturated rings. The summed E-state index contributed by atoms with van der Waals surface area (Å²) in [6, 6.07) is 6.62. The van der Waals surface area contributed by atoms with Crippen molar-refractivity contribution in [2.45, 2.75) is 56.2 Å². The van der Waals surface area contributed by atoms with Crippen molar-refractivity contribution in [3.63, 3.8) is 0 Å². The molecule has 4 heteroatoms. The minimum Gasteiger partial charge on any atom is -0.504 e. The van der Waals surface area contributed by atoms with Crippen molar-refractivity contribution in [1.82, 2.24) is 4.90 Å². The van der Waals surface area contributed by atoms with Crippen LogP contribution in [-0.2, 0) is 18.4 Å². The molecule has 2 aromatic rings. The van der Waals surface area contributed by atoms with E-state index < -0.39 is 0 Å². The zero-order valence-corrected chi connectivity index (χ0v) is 14.3. The van der Waals surface area contributed by atoms with Crippen LogP contribution in [0.2, 0.25) is 0 Å². The molecule has 1 aromatic carbocycles. The number of phenols is 1. The highest BCUT2D eigenvalue weighted by Crippen LogP contribution is 2.63. The summed E-state index contributed by atoms with van der Waals surface area (Å²) in [5.41, 5.74) is 4.16. The van der Waals surface area contributed by atoms with Gasteiger partial charge in [-0.05, 0) is 62.3 Å². The Balaban J connectivity index is 1.48. The Morgan fingerprint density at radius 2 is 2.20 bits per heavy atom. The molecule has 25 heavy (non-hydrogen) atoms. The van der Waals surface area contributed by atoms with Gasteiger partial charge in [-0.15, -0.1) is 0 Å². The molecule has 4 atom stereocenters. The lowest BCUT2D eigenvalue weighted by atomic mass is 9.52. The molecule has 0 amide bonds. The van der Waals surface area contributed by atoms with Gasteiger partial charge < -0.3 is 14.3 Å². The fourth-order valence-electron chi connectivity index (χ4n) is 6.41. The smallest absolute Gasteiger partial charge is 0.165 e. The lowest BCUT2D eigenvalue weighted by molar-refractivity contribution is -0.0547. The molecule has 4 aliphatic rings. The summed E-state index contributed by atoms with van der Waals surface area (Å²) < 4.78 is 11.7. The van der Waals surface area contributed by atoms with Gasteiger partial charge in [0.25, 0.3) is 0 Å². The van der Waals surface area contributed by atoms with Gasteiger partial charge in [-0.1, -0.05) is 6.07 Å². The Morgan fingerprint density at radius 3 is 3.08 bits per heavy atom. The van der Waals surface area contributed by atoms with Gasteiger partial charge in [0.05, 0.1) is 12.5 Å². The van der Waals surface area contributed by atoms with Gasteiger partial charge in [-0.2, -0.15) is 0 Å². The van der Waals surface area contributed by atoms with E-state index in [0.29, 0.717) is 17.7 Å². The van der Waals surface area contributed by atoms with E-state index in [1.807, 2.05) is 12.3 Å².